The van der Waals surface area contributed by atoms with E-state index in [0.29, 0.717) is 5.52 Å². The molecule has 24 heavy (non-hydrogen) atoms. The first-order valence-electron chi connectivity index (χ1n) is 7.25. The number of hydrogen-bond donors (Lipinski definition) is 1. The molecular formula is C17H14ClF2N3O. The fourth-order valence-corrected chi connectivity index (χ4v) is 2.81. The van der Waals surface area contributed by atoms with Crippen molar-refractivity contribution >= 4 is 22.5 Å². The second-order valence-electron chi connectivity index (χ2n) is 5.43. The van der Waals surface area contributed by atoms with Crippen LogP contribution in [0.5, 0.6) is 0 Å². The van der Waals surface area contributed by atoms with E-state index >= 15 is 0 Å². The van der Waals surface area contributed by atoms with Gasteiger partial charge in [0.25, 0.3) is 12.0 Å². The van der Waals surface area contributed by atoms with Crippen LogP contribution in [0.1, 0.15) is 30.8 Å². The Morgan fingerprint density at radius 1 is 1.21 bits per heavy atom. The average molecular weight is 350 g/mol. The van der Waals surface area contributed by atoms with Crippen LogP contribution in [0.15, 0.2) is 47.3 Å². The van der Waals surface area contributed by atoms with E-state index in [2.05, 4.69) is 4.98 Å². The summed E-state index contributed by atoms with van der Waals surface area (Å²) in [6.07, 6.45) is -2.64. The van der Waals surface area contributed by atoms with E-state index in [9.17, 15) is 13.6 Å². The van der Waals surface area contributed by atoms with Gasteiger partial charge in [0.1, 0.15) is 5.82 Å². The lowest BCUT2D eigenvalue weighted by Crippen LogP contribution is -2.27. The predicted octanol–water partition coefficient (Wildman–Crippen LogP) is 4.00. The lowest BCUT2D eigenvalue weighted by molar-refractivity contribution is 0.151. The molecule has 0 aliphatic heterocycles. The van der Waals surface area contributed by atoms with Crippen LogP contribution in [-0.4, -0.2) is 9.55 Å². The summed E-state index contributed by atoms with van der Waals surface area (Å²) in [7, 11) is 0. The molecule has 0 radical (unpaired) electrons. The van der Waals surface area contributed by atoms with Crippen LogP contribution in [0.2, 0.25) is 5.02 Å². The summed E-state index contributed by atoms with van der Waals surface area (Å²) in [6, 6.07) is 9.93. The Bertz CT molecular complexity index is 970. The van der Waals surface area contributed by atoms with Crippen molar-refractivity contribution in [3.05, 3.63) is 69.2 Å². The molecule has 3 aromatic rings. The molecule has 0 aliphatic rings. The highest BCUT2D eigenvalue weighted by Gasteiger charge is 2.18. The summed E-state index contributed by atoms with van der Waals surface area (Å²) in [6.45, 7) is 1.67. The molecule has 1 unspecified atom stereocenters. The minimum absolute atomic E-state index is 0.186. The van der Waals surface area contributed by atoms with Gasteiger partial charge < -0.3 is 5.73 Å². The molecule has 2 N–H and O–H groups in total. The van der Waals surface area contributed by atoms with Crippen LogP contribution in [0.3, 0.4) is 0 Å². The number of aromatic nitrogens is 2. The van der Waals surface area contributed by atoms with E-state index in [1.54, 1.807) is 31.2 Å². The zero-order valence-corrected chi connectivity index (χ0v) is 13.5. The van der Waals surface area contributed by atoms with E-state index in [0.717, 1.165) is 0 Å². The van der Waals surface area contributed by atoms with Gasteiger partial charge in [0.05, 0.1) is 27.7 Å². The van der Waals surface area contributed by atoms with Crippen LogP contribution < -0.4 is 11.3 Å². The summed E-state index contributed by atoms with van der Waals surface area (Å²) in [5.74, 6) is 0.279. The van der Waals surface area contributed by atoms with Crippen molar-refractivity contribution in [2.24, 2.45) is 5.73 Å². The van der Waals surface area contributed by atoms with Gasteiger partial charge in [0, 0.05) is 5.56 Å². The first-order valence-corrected chi connectivity index (χ1v) is 7.63. The molecule has 3 rings (SSSR count). The Morgan fingerprint density at radius 3 is 2.58 bits per heavy atom. The quantitative estimate of drug-likeness (QED) is 0.777. The van der Waals surface area contributed by atoms with Crippen molar-refractivity contribution in [3.63, 3.8) is 0 Å². The minimum atomic E-state index is -2.64. The molecule has 124 valence electrons. The van der Waals surface area contributed by atoms with E-state index in [4.69, 9.17) is 17.3 Å². The third-order valence-corrected chi connectivity index (χ3v) is 3.98. The Hall–Kier alpha value is -2.31. The molecule has 0 saturated carbocycles. The number of nitrogens with two attached hydrogens (primary N) is 1. The van der Waals surface area contributed by atoms with E-state index in [1.807, 2.05) is 0 Å². The monoisotopic (exact) mass is 349 g/mol. The molecule has 2 aromatic carbocycles. The zero-order valence-electron chi connectivity index (χ0n) is 12.7. The standard InChI is InChI=1S/C17H14ClF2N3O/c1-9(21)16-22-13-7-3-6-12(18)14(13)17(24)23(16)11-5-2-4-10(8-11)15(19)20/h2-9,15H,21H2,1H3. The molecule has 0 spiro atoms. The van der Waals surface area contributed by atoms with Gasteiger partial charge >= 0.3 is 0 Å². The second-order valence-corrected chi connectivity index (χ2v) is 5.84. The minimum Gasteiger partial charge on any atom is -0.322 e. The van der Waals surface area contributed by atoms with Crippen molar-refractivity contribution in [2.75, 3.05) is 0 Å². The fraction of sp³-hybridized carbons (Fsp3) is 0.176. The van der Waals surface area contributed by atoms with E-state index in [-0.39, 0.29) is 27.5 Å². The number of rotatable bonds is 3. The fourth-order valence-electron chi connectivity index (χ4n) is 2.56. The van der Waals surface area contributed by atoms with Gasteiger partial charge in [-0.25, -0.2) is 13.8 Å². The summed E-state index contributed by atoms with van der Waals surface area (Å²) < 4.78 is 27.2. The molecule has 0 bridgehead atoms. The maximum atomic E-state index is 13.0. The highest BCUT2D eigenvalue weighted by Crippen LogP contribution is 2.24. The lowest BCUT2D eigenvalue weighted by atomic mass is 10.1. The Kier molecular flexibility index (Phi) is 4.34. The van der Waals surface area contributed by atoms with Gasteiger partial charge in [0.15, 0.2) is 0 Å². The first-order chi connectivity index (χ1) is 11.4. The van der Waals surface area contributed by atoms with E-state index in [1.165, 1.54) is 22.8 Å². The largest absolute Gasteiger partial charge is 0.322 e. The maximum absolute atomic E-state index is 13.0. The summed E-state index contributed by atoms with van der Waals surface area (Å²) in [4.78, 5) is 17.4. The third kappa shape index (κ3) is 2.79. The van der Waals surface area contributed by atoms with Crippen molar-refractivity contribution in [3.8, 4) is 5.69 Å². The average Bonchev–Trinajstić information content (AvgIpc) is 2.54. The molecule has 0 amide bonds. The highest BCUT2D eigenvalue weighted by molar-refractivity contribution is 6.35. The number of halogens is 3. The Morgan fingerprint density at radius 2 is 1.92 bits per heavy atom. The van der Waals surface area contributed by atoms with Crippen molar-refractivity contribution in [2.45, 2.75) is 19.4 Å². The zero-order chi connectivity index (χ0) is 17.4. The smallest absolute Gasteiger partial charge is 0.267 e. The highest BCUT2D eigenvalue weighted by atomic mass is 35.5. The molecule has 1 heterocycles. The van der Waals surface area contributed by atoms with Gasteiger partial charge in [-0.05, 0) is 31.2 Å². The maximum Gasteiger partial charge on any atom is 0.267 e. The van der Waals surface area contributed by atoms with Gasteiger partial charge in [-0.2, -0.15) is 0 Å². The number of alkyl halides is 2. The topological polar surface area (TPSA) is 60.9 Å². The van der Waals surface area contributed by atoms with Crippen LogP contribution in [0, 0.1) is 0 Å². The first kappa shape index (κ1) is 16.5. The third-order valence-electron chi connectivity index (χ3n) is 3.66. The SMILES string of the molecule is CC(N)c1nc2cccc(Cl)c2c(=O)n1-c1cccc(C(F)F)c1. The van der Waals surface area contributed by atoms with Crippen LogP contribution in [-0.2, 0) is 0 Å². The molecule has 0 saturated heterocycles. The molecule has 1 atom stereocenters. The summed E-state index contributed by atoms with van der Waals surface area (Å²) in [5, 5.41) is 0.478. The number of nitrogens with zero attached hydrogens (tertiary/aromatic N) is 2. The molecule has 0 fully saturated rings. The summed E-state index contributed by atoms with van der Waals surface area (Å²) >= 11 is 6.13. The van der Waals surface area contributed by atoms with E-state index < -0.39 is 18.0 Å². The van der Waals surface area contributed by atoms with Gasteiger partial charge in [-0.3, -0.25) is 9.36 Å². The molecular weight excluding hydrogens is 336 g/mol. The van der Waals surface area contributed by atoms with Gasteiger partial charge in [-0.1, -0.05) is 29.8 Å². The molecule has 1 aromatic heterocycles. The van der Waals surface area contributed by atoms with Gasteiger partial charge in [0.2, 0.25) is 0 Å². The Balaban J connectivity index is 2.40. The molecule has 0 aliphatic carbocycles. The molecule has 4 nitrogen and oxygen atoms in total. The van der Waals surface area contributed by atoms with Crippen LogP contribution >= 0.6 is 11.6 Å². The van der Waals surface area contributed by atoms with Crippen molar-refractivity contribution < 1.29 is 8.78 Å². The lowest BCUT2D eigenvalue weighted by Gasteiger charge is -2.17. The summed E-state index contributed by atoms with van der Waals surface area (Å²) in [5.41, 5.74) is 6.01. The van der Waals surface area contributed by atoms with Crippen LogP contribution in [0.4, 0.5) is 8.78 Å². The van der Waals surface area contributed by atoms with Crippen LogP contribution in [0.25, 0.3) is 16.6 Å². The number of fused-ring (bicyclic) bond motifs is 1. The Labute approximate surface area is 141 Å². The predicted molar refractivity (Wildman–Crippen MR) is 89.9 cm³/mol. The van der Waals surface area contributed by atoms with Crippen molar-refractivity contribution in [1.82, 2.24) is 9.55 Å². The van der Waals surface area contributed by atoms with Crippen molar-refractivity contribution in [1.29, 1.82) is 0 Å². The van der Waals surface area contributed by atoms with Gasteiger partial charge in [-0.15, -0.1) is 0 Å². The normalized spacial score (nSPS) is 12.8. The number of benzene rings is 2. The molecule has 7 heteroatoms. The number of hydrogen-bond acceptors (Lipinski definition) is 3. The second kappa shape index (κ2) is 6.30.